The van der Waals surface area contributed by atoms with Gasteiger partial charge in [0.1, 0.15) is 6.04 Å². The van der Waals surface area contributed by atoms with Gasteiger partial charge in [0.2, 0.25) is 0 Å². The third kappa shape index (κ3) is 1.94. The topological polar surface area (TPSA) is 29.4 Å². The van der Waals surface area contributed by atoms with Crippen LogP contribution >= 0.6 is 11.6 Å². The number of nitrogens with zero attached hydrogens (tertiary/aromatic N) is 1. The first-order valence-corrected chi connectivity index (χ1v) is 4.00. The van der Waals surface area contributed by atoms with Gasteiger partial charge in [0.15, 0.2) is 0 Å². The Morgan fingerprint density at radius 2 is 1.90 bits per heavy atom. The molecule has 0 saturated heterocycles. The fourth-order valence-electron chi connectivity index (χ4n) is 0.935. The summed E-state index contributed by atoms with van der Waals surface area (Å²) in [6.07, 6.45) is 1.58. The van der Waals surface area contributed by atoms with E-state index in [0.29, 0.717) is 0 Å². The van der Waals surface area contributed by atoms with Crippen LogP contribution in [0.15, 0.2) is 5.18 Å². The summed E-state index contributed by atoms with van der Waals surface area (Å²) in [5.41, 5.74) is 0. The van der Waals surface area contributed by atoms with Gasteiger partial charge >= 0.3 is 0 Å². The quantitative estimate of drug-likeness (QED) is 0.463. The van der Waals surface area contributed by atoms with Crippen molar-refractivity contribution < 1.29 is 0 Å². The molecule has 0 rings (SSSR count). The molecule has 0 saturated carbocycles. The van der Waals surface area contributed by atoms with Gasteiger partial charge in [0, 0.05) is 0 Å². The minimum absolute atomic E-state index is 0.288. The van der Waals surface area contributed by atoms with Gasteiger partial charge in [0.25, 0.3) is 0 Å². The molecule has 0 aliphatic rings. The van der Waals surface area contributed by atoms with E-state index in [1.165, 1.54) is 0 Å². The summed E-state index contributed by atoms with van der Waals surface area (Å²) < 4.78 is 0. The maximum absolute atomic E-state index is 10.1. The van der Waals surface area contributed by atoms with Crippen LogP contribution in [0.2, 0.25) is 0 Å². The molecule has 0 aliphatic heterocycles. The Kier molecular flexibility index (Phi) is 3.87. The molecule has 0 spiro atoms. The molecule has 1 atom stereocenters. The van der Waals surface area contributed by atoms with Gasteiger partial charge in [0.05, 0.1) is 4.87 Å². The highest BCUT2D eigenvalue weighted by Gasteiger charge is 2.30. The molecular weight excluding hydrogens is 150 g/mol. The van der Waals surface area contributed by atoms with Crippen LogP contribution in [-0.2, 0) is 0 Å². The molecule has 0 fully saturated rings. The zero-order valence-electron chi connectivity index (χ0n) is 6.72. The molecule has 1 unspecified atom stereocenters. The van der Waals surface area contributed by atoms with Crippen molar-refractivity contribution in [3.8, 4) is 0 Å². The lowest BCUT2D eigenvalue weighted by Gasteiger charge is -2.25. The second-order valence-electron chi connectivity index (χ2n) is 2.52. The van der Waals surface area contributed by atoms with Crippen molar-refractivity contribution in [2.45, 2.75) is 44.5 Å². The van der Waals surface area contributed by atoms with Gasteiger partial charge in [-0.05, 0) is 19.8 Å². The van der Waals surface area contributed by atoms with E-state index in [1.807, 2.05) is 13.8 Å². The van der Waals surface area contributed by atoms with Crippen LogP contribution in [0.1, 0.15) is 33.6 Å². The van der Waals surface area contributed by atoms with E-state index in [4.69, 9.17) is 11.6 Å². The lowest BCUT2D eigenvalue weighted by molar-refractivity contribution is 0.455. The predicted octanol–water partition coefficient (Wildman–Crippen LogP) is 2.94. The summed E-state index contributed by atoms with van der Waals surface area (Å²) in [7, 11) is 0. The Morgan fingerprint density at radius 3 is 2.00 bits per heavy atom. The van der Waals surface area contributed by atoms with Crippen LogP contribution in [0.25, 0.3) is 0 Å². The first-order chi connectivity index (χ1) is 4.60. The van der Waals surface area contributed by atoms with E-state index in [2.05, 4.69) is 5.18 Å². The Balaban J connectivity index is 4.15. The molecule has 3 heteroatoms. The van der Waals surface area contributed by atoms with E-state index in [-0.39, 0.29) is 6.04 Å². The zero-order chi connectivity index (χ0) is 8.20. The summed E-state index contributed by atoms with van der Waals surface area (Å²) >= 11 is 6.06. The van der Waals surface area contributed by atoms with Crippen molar-refractivity contribution >= 4 is 11.6 Å². The molecule has 0 aromatic rings. The summed E-state index contributed by atoms with van der Waals surface area (Å²) in [6, 6.07) is -0.288. The molecule has 10 heavy (non-hydrogen) atoms. The number of hydrogen-bond donors (Lipinski definition) is 0. The highest BCUT2D eigenvalue weighted by Crippen LogP contribution is 2.29. The molecule has 0 aliphatic carbocycles. The molecule has 0 N–H and O–H groups in total. The third-order valence-electron chi connectivity index (χ3n) is 2.08. The minimum atomic E-state index is -0.415. The highest BCUT2D eigenvalue weighted by molar-refractivity contribution is 6.24. The van der Waals surface area contributed by atoms with Gasteiger partial charge in [-0.25, -0.2) is 0 Å². The Labute approximate surface area is 66.9 Å². The van der Waals surface area contributed by atoms with Crippen LogP contribution < -0.4 is 0 Å². The largest absolute Gasteiger partial charge is 0.150 e. The predicted molar refractivity (Wildman–Crippen MR) is 44.4 cm³/mol. The van der Waals surface area contributed by atoms with Crippen LogP contribution in [0.4, 0.5) is 0 Å². The minimum Gasteiger partial charge on any atom is -0.150 e. The maximum atomic E-state index is 10.1. The molecule has 0 heterocycles. The zero-order valence-corrected chi connectivity index (χ0v) is 7.48. The number of alkyl halides is 1. The summed E-state index contributed by atoms with van der Waals surface area (Å²) in [4.78, 5) is 9.72. The van der Waals surface area contributed by atoms with E-state index in [1.54, 1.807) is 6.92 Å². The second kappa shape index (κ2) is 3.91. The molecule has 0 bridgehead atoms. The molecular formula is C7H14ClNO. The molecule has 0 aromatic carbocycles. The summed E-state index contributed by atoms with van der Waals surface area (Å²) in [5.74, 6) is 0. The van der Waals surface area contributed by atoms with E-state index in [0.717, 1.165) is 12.8 Å². The monoisotopic (exact) mass is 163 g/mol. The van der Waals surface area contributed by atoms with Crippen molar-refractivity contribution in [3.63, 3.8) is 0 Å². The van der Waals surface area contributed by atoms with Gasteiger partial charge < -0.3 is 0 Å². The van der Waals surface area contributed by atoms with E-state index >= 15 is 0 Å². The van der Waals surface area contributed by atoms with E-state index in [9.17, 15) is 4.91 Å². The maximum Gasteiger partial charge on any atom is 0.108 e. The van der Waals surface area contributed by atoms with Crippen LogP contribution in [-0.4, -0.2) is 10.9 Å². The lowest BCUT2D eigenvalue weighted by atomic mass is 9.95. The molecule has 0 amide bonds. The highest BCUT2D eigenvalue weighted by atomic mass is 35.5. The molecule has 0 radical (unpaired) electrons. The van der Waals surface area contributed by atoms with Crippen molar-refractivity contribution in [1.29, 1.82) is 0 Å². The van der Waals surface area contributed by atoms with Gasteiger partial charge in [-0.1, -0.05) is 19.0 Å². The van der Waals surface area contributed by atoms with E-state index < -0.39 is 4.87 Å². The summed E-state index contributed by atoms with van der Waals surface area (Å²) in [6.45, 7) is 5.70. The fraction of sp³-hybridized carbons (Fsp3) is 1.00. The lowest BCUT2D eigenvalue weighted by Crippen LogP contribution is -2.31. The van der Waals surface area contributed by atoms with Crippen molar-refractivity contribution in [2.75, 3.05) is 0 Å². The fourth-order valence-corrected chi connectivity index (χ4v) is 0.975. The van der Waals surface area contributed by atoms with Gasteiger partial charge in [-0.2, -0.15) is 4.91 Å². The molecule has 2 nitrogen and oxygen atoms in total. The van der Waals surface area contributed by atoms with Crippen molar-refractivity contribution in [2.24, 2.45) is 5.18 Å². The average molecular weight is 164 g/mol. The number of halogens is 1. The van der Waals surface area contributed by atoms with Gasteiger partial charge in [-0.3, -0.25) is 0 Å². The Bertz CT molecular complexity index is 112. The molecule has 0 aromatic heterocycles. The third-order valence-corrected chi connectivity index (χ3v) is 2.93. The normalized spacial score (nSPS) is 14.8. The Hall–Kier alpha value is -0.110. The van der Waals surface area contributed by atoms with Crippen LogP contribution in [0.3, 0.4) is 0 Å². The number of nitroso groups, excluding NO2 is 1. The van der Waals surface area contributed by atoms with Crippen LogP contribution in [0, 0.1) is 4.91 Å². The van der Waals surface area contributed by atoms with Gasteiger partial charge in [-0.15, -0.1) is 11.6 Å². The van der Waals surface area contributed by atoms with Crippen molar-refractivity contribution in [1.82, 2.24) is 0 Å². The SMILES string of the molecule is CCC(Cl)(CC)C(C)N=O. The number of hydrogen-bond acceptors (Lipinski definition) is 2. The summed E-state index contributed by atoms with van der Waals surface area (Å²) in [5, 5.41) is 2.92. The second-order valence-corrected chi connectivity index (χ2v) is 3.28. The van der Waals surface area contributed by atoms with Crippen LogP contribution in [0.5, 0.6) is 0 Å². The standard InChI is InChI=1S/C7H14ClNO/c1-4-7(8,5-2)6(3)9-10/h6H,4-5H2,1-3H3. The Morgan fingerprint density at radius 1 is 1.50 bits per heavy atom. The first kappa shape index (κ1) is 9.89. The number of rotatable bonds is 4. The smallest absolute Gasteiger partial charge is 0.108 e. The molecule has 60 valence electrons. The van der Waals surface area contributed by atoms with Crippen molar-refractivity contribution in [3.05, 3.63) is 4.91 Å². The first-order valence-electron chi connectivity index (χ1n) is 3.62. The average Bonchev–Trinajstić information content (AvgIpc) is 2.01.